The number of hydrogen-bond acceptors (Lipinski definition) is 5. The van der Waals surface area contributed by atoms with Crippen molar-refractivity contribution in [2.24, 2.45) is 5.92 Å². The zero-order valence-electron chi connectivity index (χ0n) is 15.2. The number of benzene rings is 2. The number of amides is 2. The molecular formula is C20H19BrN2O5. The molecule has 7 nitrogen and oxygen atoms in total. The minimum atomic E-state index is -0.627. The monoisotopic (exact) mass is 446 g/mol. The van der Waals surface area contributed by atoms with Gasteiger partial charge in [-0.05, 0) is 36.4 Å². The van der Waals surface area contributed by atoms with Crippen LogP contribution in [0.15, 0.2) is 53.0 Å². The van der Waals surface area contributed by atoms with Crippen LogP contribution in [0.25, 0.3) is 0 Å². The highest BCUT2D eigenvalue weighted by Crippen LogP contribution is 2.33. The van der Waals surface area contributed by atoms with E-state index in [4.69, 9.17) is 9.47 Å². The molecule has 0 aliphatic carbocycles. The molecule has 1 saturated heterocycles. The SMILES string of the molecule is COc1ccccc1N1C[C@H](C(=O)OCC(=O)Nc2ccc(Br)cc2)CC1=O. The summed E-state index contributed by atoms with van der Waals surface area (Å²) in [7, 11) is 1.52. The van der Waals surface area contributed by atoms with Gasteiger partial charge in [0.05, 0.1) is 18.7 Å². The van der Waals surface area contributed by atoms with E-state index in [1.54, 1.807) is 48.5 Å². The molecule has 1 aliphatic rings. The molecule has 0 unspecified atom stereocenters. The van der Waals surface area contributed by atoms with Gasteiger partial charge >= 0.3 is 5.97 Å². The smallest absolute Gasteiger partial charge is 0.311 e. The zero-order valence-corrected chi connectivity index (χ0v) is 16.8. The van der Waals surface area contributed by atoms with Gasteiger partial charge in [0.1, 0.15) is 5.75 Å². The van der Waals surface area contributed by atoms with Crippen molar-refractivity contribution in [1.29, 1.82) is 0 Å². The van der Waals surface area contributed by atoms with Crippen LogP contribution in [0.2, 0.25) is 0 Å². The Morgan fingerprint density at radius 2 is 1.89 bits per heavy atom. The van der Waals surface area contributed by atoms with Crippen LogP contribution in [-0.4, -0.2) is 38.0 Å². The Hall–Kier alpha value is -2.87. The molecule has 28 heavy (non-hydrogen) atoms. The van der Waals surface area contributed by atoms with Gasteiger partial charge < -0.3 is 19.7 Å². The van der Waals surface area contributed by atoms with Crippen LogP contribution in [0.1, 0.15) is 6.42 Å². The number of esters is 1. The van der Waals surface area contributed by atoms with Gasteiger partial charge in [-0.2, -0.15) is 0 Å². The highest BCUT2D eigenvalue weighted by atomic mass is 79.9. The number of anilines is 2. The molecule has 1 atom stereocenters. The fraction of sp³-hybridized carbons (Fsp3) is 0.250. The molecular weight excluding hydrogens is 428 g/mol. The van der Waals surface area contributed by atoms with E-state index in [1.807, 2.05) is 0 Å². The van der Waals surface area contributed by atoms with Gasteiger partial charge in [-0.25, -0.2) is 0 Å². The van der Waals surface area contributed by atoms with Crippen molar-refractivity contribution in [2.75, 3.05) is 30.5 Å². The van der Waals surface area contributed by atoms with Crippen LogP contribution in [-0.2, 0) is 19.1 Å². The lowest BCUT2D eigenvalue weighted by atomic mass is 10.1. The molecule has 2 amide bonds. The van der Waals surface area contributed by atoms with E-state index in [2.05, 4.69) is 21.2 Å². The second-order valence-electron chi connectivity index (χ2n) is 6.24. The number of methoxy groups -OCH3 is 1. The summed E-state index contributed by atoms with van der Waals surface area (Å²) >= 11 is 3.31. The van der Waals surface area contributed by atoms with Gasteiger partial charge in [-0.15, -0.1) is 0 Å². The number of carbonyl (C=O) groups is 3. The van der Waals surface area contributed by atoms with Gasteiger partial charge in [-0.3, -0.25) is 14.4 Å². The maximum Gasteiger partial charge on any atom is 0.311 e. The molecule has 146 valence electrons. The third-order valence-corrected chi connectivity index (χ3v) is 4.84. The Balaban J connectivity index is 1.54. The minimum Gasteiger partial charge on any atom is -0.495 e. The van der Waals surface area contributed by atoms with Crippen molar-refractivity contribution in [2.45, 2.75) is 6.42 Å². The Kier molecular flexibility index (Phi) is 6.30. The van der Waals surface area contributed by atoms with Crippen LogP contribution >= 0.6 is 15.9 Å². The normalized spacial score (nSPS) is 16.0. The van der Waals surface area contributed by atoms with Gasteiger partial charge in [0.15, 0.2) is 6.61 Å². The Morgan fingerprint density at radius 1 is 1.18 bits per heavy atom. The maximum absolute atomic E-state index is 12.3. The lowest BCUT2D eigenvalue weighted by molar-refractivity contribution is -0.151. The predicted molar refractivity (Wildman–Crippen MR) is 107 cm³/mol. The molecule has 0 saturated carbocycles. The number of carbonyl (C=O) groups excluding carboxylic acids is 3. The summed E-state index contributed by atoms with van der Waals surface area (Å²) in [5.41, 5.74) is 1.21. The third kappa shape index (κ3) is 4.69. The van der Waals surface area contributed by atoms with Gasteiger partial charge in [0, 0.05) is 23.1 Å². The van der Waals surface area contributed by atoms with E-state index >= 15 is 0 Å². The van der Waals surface area contributed by atoms with E-state index in [9.17, 15) is 14.4 Å². The summed E-state index contributed by atoms with van der Waals surface area (Å²) in [6, 6.07) is 14.1. The van der Waals surface area contributed by atoms with Crippen molar-refractivity contribution in [3.63, 3.8) is 0 Å². The second-order valence-corrected chi connectivity index (χ2v) is 7.16. The fourth-order valence-electron chi connectivity index (χ4n) is 2.94. The summed E-state index contributed by atoms with van der Waals surface area (Å²) in [5, 5.41) is 2.64. The van der Waals surface area contributed by atoms with E-state index in [-0.39, 0.29) is 18.9 Å². The number of nitrogens with one attached hydrogen (secondary N) is 1. The van der Waals surface area contributed by atoms with Crippen molar-refractivity contribution < 1.29 is 23.9 Å². The molecule has 1 N–H and O–H groups in total. The topological polar surface area (TPSA) is 84.9 Å². The van der Waals surface area contributed by atoms with Crippen LogP contribution in [0.3, 0.4) is 0 Å². The number of nitrogens with zero attached hydrogens (tertiary/aromatic N) is 1. The van der Waals surface area contributed by atoms with Crippen LogP contribution in [0.5, 0.6) is 5.75 Å². The molecule has 3 rings (SSSR count). The Bertz CT molecular complexity index is 884. The Morgan fingerprint density at radius 3 is 2.61 bits per heavy atom. The number of halogens is 1. The molecule has 0 aromatic heterocycles. The van der Waals surface area contributed by atoms with Crippen molar-refractivity contribution in [3.05, 3.63) is 53.0 Å². The molecule has 1 heterocycles. The summed E-state index contributed by atoms with van der Waals surface area (Å²) in [6.07, 6.45) is 0.0329. The maximum atomic E-state index is 12.3. The van der Waals surface area contributed by atoms with E-state index in [1.165, 1.54) is 12.0 Å². The van der Waals surface area contributed by atoms with Gasteiger partial charge in [0.2, 0.25) is 5.91 Å². The first-order valence-corrected chi connectivity index (χ1v) is 9.42. The average molecular weight is 447 g/mol. The zero-order chi connectivity index (χ0) is 20.1. The Labute approximate surface area is 170 Å². The first-order chi connectivity index (χ1) is 13.5. The first-order valence-electron chi connectivity index (χ1n) is 8.63. The molecule has 1 fully saturated rings. The van der Waals surface area contributed by atoms with Crippen molar-refractivity contribution in [1.82, 2.24) is 0 Å². The fourth-order valence-corrected chi connectivity index (χ4v) is 3.20. The van der Waals surface area contributed by atoms with Crippen molar-refractivity contribution in [3.8, 4) is 5.75 Å². The van der Waals surface area contributed by atoms with Gasteiger partial charge in [-0.1, -0.05) is 28.1 Å². The summed E-state index contributed by atoms with van der Waals surface area (Å²) in [5.74, 6) is -1.28. The quantitative estimate of drug-likeness (QED) is 0.689. The molecule has 0 radical (unpaired) electrons. The highest BCUT2D eigenvalue weighted by Gasteiger charge is 2.37. The number of rotatable bonds is 6. The molecule has 2 aromatic rings. The van der Waals surface area contributed by atoms with Crippen molar-refractivity contribution >= 4 is 45.1 Å². The number of ether oxygens (including phenoxy) is 2. The molecule has 1 aliphatic heterocycles. The summed E-state index contributed by atoms with van der Waals surface area (Å²) in [6.45, 7) is -0.222. The first kappa shape index (κ1) is 19.9. The summed E-state index contributed by atoms with van der Waals surface area (Å²) < 4.78 is 11.3. The van der Waals surface area contributed by atoms with Crippen LogP contribution in [0, 0.1) is 5.92 Å². The molecule has 0 bridgehead atoms. The third-order valence-electron chi connectivity index (χ3n) is 4.31. The van der Waals surface area contributed by atoms with Gasteiger partial charge in [0.25, 0.3) is 5.91 Å². The molecule has 8 heteroatoms. The minimum absolute atomic E-state index is 0.0329. The van der Waals surface area contributed by atoms with Crippen LogP contribution in [0.4, 0.5) is 11.4 Å². The van der Waals surface area contributed by atoms with E-state index in [0.717, 1.165) is 4.47 Å². The highest BCUT2D eigenvalue weighted by molar-refractivity contribution is 9.10. The molecule has 2 aromatic carbocycles. The lowest BCUT2D eigenvalue weighted by Gasteiger charge is -2.19. The average Bonchev–Trinajstić information content (AvgIpc) is 3.09. The van der Waals surface area contributed by atoms with Crippen LogP contribution < -0.4 is 15.0 Å². The number of para-hydroxylation sites is 2. The summed E-state index contributed by atoms with van der Waals surface area (Å²) in [4.78, 5) is 38.1. The van der Waals surface area contributed by atoms with E-state index in [0.29, 0.717) is 17.1 Å². The lowest BCUT2D eigenvalue weighted by Crippen LogP contribution is -2.28. The molecule has 0 spiro atoms. The second kappa shape index (κ2) is 8.88. The predicted octanol–water partition coefficient (Wildman–Crippen LogP) is 2.99. The standard InChI is InChI=1S/C20H19BrN2O5/c1-27-17-5-3-2-4-16(17)23-11-13(10-19(23)25)20(26)28-12-18(24)22-15-8-6-14(21)7-9-15/h2-9,13H,10-12H2,1H3,(H,22,24)/t13-/m1/s1. The largest absolute Gasteiger partial charge is 0.495 e. The van der Waals surface area contributed by atoms with E-state index < -0.39 is 24.4 Å². The number of hydrogen-bond donors (Lipinski definition) is 1.